The van der Waals surface area contributed by atoms with E-state index in [9.17, 15) is 0 Å². The van der Waals surface area contributed by atoms with Gasteiger partial charge in [0, 0.05) is 17.1 Å². The molecule has 1 heterocycles. The number of halogens is 1. The van der Waals surface area contributed by atoms with E-state index in [0.29, 0.717) is 29.2 Å². The fraction of sp³-hybridized carbons (Fsp3) is 0.333. The Morgan fingerprint density at radius 3 is 2.89 bits per heavy atom. The van der Waals surface area contributed by atoms with Gasteiger partial charge in [-0.05, 0) is 19.1 Å². The van der Waals surface area contributed by atoms with Gasteiger partial charge in [-0.3, -0.25) is 0 Å². The van der Waals surface area contributed by atoms with E-state index in [1.54, 1.807) is 20.1 Å². The van der Waals surface area contributed by atoms with Crippen LogP contribution in [0.15, 0.2) is 22.6 Å². The highest BCUT2D eigenvalue weighted by Crippen LogP contribution is 2.27. The summed E-state index contributed by atoms with van der Waals surface area (Å²) in [6.07, 6.45) is 0. The Bertz CT molecular complexity index is 556. The molecule has 6 nitrogen and oxygen atoms in total. The van der Waals surface area contributed by atoms with E-state index >= 15 is 0 Å². The molecular formula is C12H15ClN4O2. The average molecular weight is 283 g/mol. The first-order valence-corrected chi connectivity index (χ1v) is 6.14. The number of anilines is 1. The van der Waals surface area contributed by atoms with Crippen molar-refractivity contribution in [3.8, 4) is 5.75 Å². The third-order valence-corrected chi connectivity index (χ3v) is 2.90. The molecule has 0 spiro atoms. The highest BCUT2D eigenvalue weighted by Gasteiger charge is 2.12. The third-order valence-electron chi connectivity index (χ3n) is 2.54. The zero-order valence-electron chi connectivity index (χ0n) is 10.7. The second-order valence-electron chi connectivity index (χ2n) is 4.01. The van der Waals surface area contributed by atoms with Gasteiger partial charge in [-0.25, -0.2) is 0 Å². The number of hydrogen-bond donors (Lipinski definition) is 2. The summed E-state index contributed by atoms with van der Waals surface area (Å²) in [4.78, 5) is 0. The lowest BCUT2D eigenvalue weighted by molar-refractivity contribution is 0.410. The lowest BCUT2D eigenvalue weighted by Crippen LogP contribution is -2.05. The molecule has 1 aromatic heterocycles. The van der Waals surface area contributed by atoms with Crippen LogP contribution in [0.2, 0.25) is 5.02 Å². The average Bonchev–Trinajstić information content (AvgIpc) is 2.86. The molecule has 2 rings (SSSR count). The fourth-order valence-corrected chi connectivity index (χ4v) is 1.79. The molecule has 1 atom stereocenters. The number of aromatic nitrogens is 2. The maximum absolute atomic E-state index is 6.12. The molecule has 1 aromatic carbocycles. The molecule has 7 heteroatoms. The standard InChI is InChI=1S/C12H15ClN4O2/c1-7(14)11-16-17-12(19-11)15-6-8-9(13)4-3-5-10(8)18-2/h3-5,7H,6,14H2,1-2H3,(H,15,17). The van der Waals surface area contributed by atoms with E-state index in [1.807, 2.05) is 12.1 Å². The van der Waals surface area contributed by atoms with Crippen LogP contribution < -0.4 is 15.8 Å². The monoisotopic (exact) mass is 282 g/mol. The summed E-state index contributed by atoms with van der Waals surface area (Å²) in [5.41, 5.74) is 6.47. The summed E-state index contributed by atoms with van der Waals surface area (Å²) in [5.74, 6) is 1.08. The highest BCUT2D eigenvalue weighted by molar-refractivity contribution is 6.31. The van der Waals surface area contributed by atoms with Gasteiger partial charge in [-0.2, -0.15) is 0 Å². The number of rotatable bonds is 5. The van der Waals surface area contributed by atoms with E-state index in [2.05, 4.69) is 15.5 Å². The van der Waals surface area contributed by atoms with E-state index in [4.69, 9.17) is 26.5 Å². The topological polar surface area (TPSA) is 86.2 Å². The first-order chi connectivity index (χ1) is 9.11. The normalized spacial score (nSPS) is 12.2. The first-order valence-electron chi connectivity index (χ1n) is 5.76. The lowest BCUT2D eigenvalue weighted by atomic mass is 10.2. The van der Waals surface area contributed by atoms with Crippen LogP contribution >= 0.6 is 11.6 Å². The van der Waals surface area contributed by atoms with Crippen LogP contribution in [0.3, 0.4) is 0 Å². The summed E-state index contributed by atoms with van der Waals surface area (Å²) in [5, 5.41) is 11.3. The molecule has 0 aliphatic rings. The molecular weight excluding hydrogens is 268 g/mol. The highest BCUT2D eigenvalue weighted by atomic mass is 35.5. The predicted octanol–water partition coefficient (Wildman–Crippen LogP) is 2.36. The van der Waals surface area contributed by atoms with Crippen LogP contribution in [0.4, 0.5) is 6.01 Å². The number of nitrogens with one attached hydrogen (secondary N) is 1. The second-order valence-corrected chi connectivity index (χ2v) is 4.42. The quantitative estimate of drug-likeness (QED) is 0.875. The molecule has 0 saturated carbocycles. The molecule has 1 unspecified atom stereocenters. The van der Waals surface area contributed by atoms with Crippen molar-refractivity contribution in [3.05, 3.63) is 34.7 Å². The van der Waals surface area contributed by atoms with Gasteiger partial charge in [0.1, 0.15) is 5.75 Å². The summed E-state index contributed by atoms with van der Waals surface area (Å²) in [6.45, 7) is 2.19. The van der Waals surface area contributed by atoms with E-state index < -0.39 is 0 Å². The van der Waals surface area contributed by atoms with Gasteiger partial charge >= 0.3 is 6.01 Å². The molecule has 0 aliphatic carbocycles. The summed E-state index contributed by atoms with van der Waals surface area (Å²) >= 11 is 6.12. The molecule has 3 N–H and O–H groups in total. The Labute approximate surface area is 115 Å². The molecule has 0 fully saturated rings. The van der Waals surface area contributed by atoms with E-state index in [-0.39, 0.29) is 6.04 Å². The summed E-state index contributed by atoms with van der Waals surface area (Å²) in [7, 11) is 1.59. The minimum absolute atomic E-state index is 0.294. The lowest BCUT2D eigenvalue weighted by Gasteiger charge is -2.10. The van der Waals surface area contributed by atoms with Gasteiger partial charge < -0.3 is 20.2 Å². The fourth-order valence-electron chi connectivity index (χ4n) is 1.56. The molecule has 0 aliphatic heterocycles. The van der Waals surface area contributed by atoms with Crippen molar-refractivity contribution in [2.45, 2.75) is 19.5 Å². The van der Waals surface area contributed by atoms with Gasteiger partial charge in [0.15, 0.2) is 0 Å². The smallest absolute Gasteiger partial charge is 0.315 e. The van der Waals surface area contributed by atoms with Gasteiger partial charge in [0.05, 0.1) is 13.2 Å². The third kappa shape index (κ3) is 3.15. The first kappa shape index (κ1) is 13.6. The Balaban J connectivity index is 2.09. The van der Waals surface area contributed by atoms with E-state index in [0.717, 1.165) is 5.56 Å². The maximum Gasteiger partial charge on any atom is 0.315 e. The van der Waals surface area contributed by atoms with Gasteiger partial charge in [-0.1, -0.05) is 22.8 Å². The number of hydrogen-bond acceptors (Lipinski definition) is 6. The molecule has 0 radical (unpaired) electrons. The van der Waals surface area contributed by atoms with Crippen LogP contribution in [0, 0.1) is 0 Å². The molecule has 2 aromatic rings. The Hall–Kier alpha value is -1.79. The maximum atomic E-state index is 6.12. The zero-order chi connectivity index (χ0) is 13.8. The Morgan fingerprint density at radius 1 is 1.47 bits per heavy atom. The van der Waals surface area contributed by atoms with Crippen molar-refractivity contribution in [2.75, 3.05) is 12.4 Å². The SMILES string of the molecule is COc1cccc(Cl)c1CNc1nnc(C(C)N)o1. The Morgan fingerprint density at radius 2 is 2.26 bits per heavy atom. The van der Waals surface area contributed by atoms with Crippen molar-refractivity contribution in [1.82, 2.24) is 10.2 Å². The number of ether oxygens (including phenoxy) is 1. The summed E-state index contributed by atoms with van der Waals surface area (Å²) < 4.78 is 10.6. The van der Waals surface area contributed by atoms with Gasteiger partial charge in [0.2, 0.25) is 5.89 Å². The summed E-state index contributed by atoms with van der Waals surface area (Å²) in [6, 6.07) is 5.46. The van der Waals surface area contributed by atoms with Crippen LogP contribution in [-0.2, 0) is 6.54 Å². The van der Waals surface area contributed by atoms with Crippen LogP contribution in [-0.4, -0.2) is 17.3 Å². The molecule has 0 bridgehead atoms. The zero-order valence-corrected chi connectivity index (χ0v) is 11.4. The van der Waals surface area contributed by atoms with Crippen LogP contribution in [0.25, 0.3) is 0 Å². The van der Waals surface area contributed by atoms with Crippen LogP contribution in [0.5, 0.6) is 5.75 Å². The molecule has 0 amide bonds. The van der Waals surface area contributed by atoms with E-state index in [1.165, 1.54) is 0 Å². The minimum atomic E-state index is -0.294. The molecule has 0 saturated heterocycles. The predicted molar refractivity (Wildman–Crippen MR) is 72.2 cm³/mol. The molecule has 19 heavy (non-hydrogen) atoms. The van der Waals surface area contributed by atoms with Gasteiger partial charge in [0.25, 0.3) is 0 Å². The van der Waals surface area contributed by atoms with Crippen molar-refractivity contribution >= 4 is 17.6 Å². The largest absolute Gasteiger partial charge is 0.496 e. The number of methoxy groups -OCH3 is 1. The van der Waals surface area contributed by atoms with Crippen LogP contribution in [0.1, 0.15) is 24.4 Å². The number of nitrogens with zero attached hydrogens (tertiary/aromatic N) is 2. The minimum Gasteiger partial charge on any atom is -0.496 e. The Kier molecular flexibility index (Phi) is 4.24. The van der Waals surface area contributed by atoms with Crippen molar-refractivity contribution < 1.29 is 9.15 Å². The molecule has 102 valence electrons. The van der Waals surface area contributed by atoms with Crippen molar-refractivity contribution in [1.29, 1.82) is 0 Å². The number of benzene rings is 1. The number of nitrogens with two attached hydrogens (primary N) is 1. The van der Waals surface area contributed by atoms with Gasteiger partial charge in [-0.15, -0.1) is 5.10 Å². The van der Waals surface area contributed by atoms with Crippen molar-refractivity contribution in [3.63, 3.8) is 0 Å². The second kappa shape index (κ2) is 5.90. The van der Waals surface area contributed by atoms with Crippen molar-refractivity contribution in [2.24, 2.45) is 5.73 Å².